The third-order valence-corrected chi connectivity index (χ3v) is 1.95. The first-order valence-corrected chi connectivity index (χ1v) is 4.39. The van der Waals surface area contributed by atoms with Crippen LogP contribution in [0.2, 0.25) is 0 Å². The average Bonchev–Trinajstić information content (AvgIpc) is 2.04. The van der Waals surface area contributed by atoms with Crippen molar-refractivity contribution in [2.75, 3.05) is 6.61 Å². The number of hydrogen-bond acceptors (Lipinski definition) is 3. The zero-order chi connectivity index (χ0) is 10.5. The van der Waals surface area contributed by atoms with Crippen LogP contribution in [0.25, 0.3) is 0 Å². The Bertz CT molecular complexity index is 200. The molecule has 0 fully saturated rings. The molecule has 0 aromatic heterocycles. The molecule has 0 saturated heterocycles. The summed E-state index contributed by atoms with van der Waals surface area (Å²) in [6.07, 6.45) is 0.947. The molecule has 0 radical (unpaired) electrons. The molecule has 1 N–H and O–H groups in total. The van der Waals surface area contributed by atoms with Crippen molar-refractivity contribution >= 4 is 11.9 Å². The van der Waals surface area contributed by atoms with Crippen LogP contribution in [0.3, 0.4) is 0 Å². The summed E-state index contributed by atoms with van der Waals surface area (Å²) in [7, 11) is 0. The summed E-state index contributed by atoms with van der Waals surface area (Å²) in [5.41, 5.74) is -1.38. The average molecular weight is 188 g/mol. The van der Waals surface area contributed by atoms with E-state index in [0.717, 1.165) is 0 Å². The van der Waals surface area contributed by atoms with E-state index in [1.165, 1.54) is 6.92 Å². The number of carbonyl (C=O) groups excluding carboxylic acids is 1. The number of carboxylic acids is 1. The number of aliphatic carboxylic acids is 1. The van der Waals surface area contributed by atoms with Crippen LogP contribution >= 0.6 is 0 Å². The van der Waals surface area contributed by atoms with Gasteiger partial charge in [-0.05, 0) is 20.3 Å². The van der Waals surface area contributed by atoms with E-state index in [-0.39, 0.29) is 6.61 Å². The topological polar surface area (TPSA) is 63.6 Å². The summed E-state index contributed by atoms with van der Waals surface area (Å²) in [5.74, 6) is -1.77. The zero-order valence-electron chi connectivity index (χ0n) is 8.29. The molecule has 0 rings (SSSR count). The number of carbonyl (C=O) groups is 2. The first-order valence-electron chi connectivity index (χ1n) is 4.39. The molecule has 4 nitrogen and oxygen atoms in total. The highest BCUT2D eigenvalue weighted by Crippen LogP contribution is 2.25. The van der Waals surface area contributed by atoms with Gasteiger partial charge in [0.15, 0.2) is 5.41 Å². The second-order valence-corrected chi connectivity index (χ2v) is 3.11. The first kappa shape index (κ1) is 11.9. The molecule has 0 unspecified atom stereocenters. The largest absolute Gasteiger partial charge is 0.480 e. The Labute approximate surface area is 77.9 Å². The minimum atomic E-state index is -1.38. The third kappa shape index (κ3) is 2.72. The number of carboxylic acid groups (broad SMARTS) is 1. The van der Waals surface area contributed by atoms with Crippen LogP contribution in [0.1, 0.15) is 33.6 Å². The maximum absolute atomic E-state index is 11.3. The van der Waals surface area contributed by atoms with E-state index < -0.39 is 17.4 Å². The van der Waals surface area contributed by atoms with Gasteiger partial charge in [-0.2, -0.15) is 0 Å². The molecule has 13 heavy (non-hydrogen) atoms. The van der Waals surface area contributed by atoms with Gasteiger partial charge in [0.1, 0.15) is 0 Å². The predicted molar refractivity (Wildman–Crippen MR) is 47.3 cm³/mol. The van der Waals surface area contributed by atoms with E-state index in [2.05, 4.69) is 0 Å². The Hall–Kier alpha value is -1.06. The van der Waals surface area contributed by atoms with Gasteiger partial charge in [0, 0.05) is 0 Å². The Kier molecular flexibility index (Phi) is 4.45. The lowest BCUT2D eigenvalue weighted by atomic mass is 9.86. The van der Waals surface area contributed by atoms with Crippen molar-refractivity contribution in [3.63, 3.8) is 0 Å². The van der Waals surface area contributed by atoms with Gasteiger partial charge in [0.05, 0.1) is 6.61 Å². The Morgan fingerprint density at radius 3 is 2.23 bits per heavy atom. The predicted octanol–water partition coefficient (Wildman–Crippen LogP) is 1.44. The standard InChI is InChI=1S/C9H16O4/c1-4-6-9(3,7(10)11)8(12)13-5-2/h4-6H2,1-3H3,(H,10,11)/t9-/m0/s1. The molecule has 0 bridgehead atoms. The summed E-state index contributed by atoms with van der Waals surface area (Å²) < 4.78 is 4.70. The lowest BCUT2D eigenvalue weighted by Crippen LogP contribution is -2.37. The smallest absolute Gasteiger partial charge is 0.323 e. The Balaban J connectivity index is 4.57. The van der Waals surface area contributed by atoms with Crippen LogP contribution in [-0.2, 0) is 14.3 Å². The normalized spacial score (nSPS) is 14.7. The van der Waals surface area contributed by atoms with E-state index in [4.69, 9.17) is 9.84 Å². The van der Waals surface area contributed by atoms with Crippen molar-refractivity contribution in [2.24, 2.45) is 5.41 Å². The van der Waals surface area contributed by atoms with Crippen LogP contribution in [0.5, 0.6) is 0 Å². The van der Waals surface area contributed by atoms with Crippen molar-refractivity contribution in [3.8, 4) is 0 Å². The molecule has 0 aromatic carbocycles. The molecule has 76 valence electrons. The van der Waals surface area contributed by atoms with E-state index in [9.17, 15) is 9.59 Å². The summed E-state index contributed by atoms with van der Waals surface area (Å²) in [6, 6.07) is 0. The van der Waals surface area contributed by atoms with Crippen LogP contribution in [-0.4, -0.2) is 23.7 Å². The molecular weight excluding hydrogens is 172 g/mol. The quantitative estimate of drug-likeness (QED) is 0.523. The van der Waals surface area contributed by atoms with Gasteiger partial charge < -0.3 is 9.84 Å². The van der Waals surface area contributed by atoms with Gasteiger partial charge in [-0.1, -0.05) is 13.3 Å². The van der Waals surface area contributed by atoms with Gasteiger partial charge >= 0.3 is 11.9 Å². The van der Waals surface area contributed by atoms with Gasteiger partial charge in [-0.3, -0.25) is 9.59 Å². The second-order valence-electron chi connectivity index (χ2n) is 3.11. The Morgan fingerprint density at radius 2 is 1.92 bits per heavy atom. The molecule has 0 aliphatic rings. The molecule has 0 aliphatic carbocycles. The number of hydrogen-bond donors (Lipinski definition) is 1. The molecule has 0 amide bonds. The summed E-state index contributed by atoms with van der Waals surface area (Å²) in [4.78, 5) is 22.1. The minimum Gasteiger partial charge on any atom is -0.480 e. The highest BCUT2D eigenvalue weighted by Gasteiger charge is 2.41. The van der Waals surface area contributed by atoms with Gasteiger partial charge in [-0.25, -0.2) is 0 Å². The molecular formula is C9H16O4. The third-order valence-electron chi connectivity index (χ3n) is 1.95. The number of esters is 1. The number of rotatable bonds is 5. The van der Waals surface area contributed by atoms with E-state index in [1.54, 1.807) is 6.92 Å². The maximum Gasteiger partial charge on any atom is 0.323 e. The molecule has 1 atom stereocenters. The lowest BCUT2D eigenvalue weighted by molar-refractivity contribution is -0.167. The molecule has 4 heteroatoms. The fourth-order valence-electron chi connectivity index (χ4n) is 1.09. The highest BCUT2D eigenvalue weighted by molar-refractivity contribution is 5.98. The van der Waals surface area contributed by atoms with Crippen molar-refractivity contribution in [2.45, 2.75) is 33.6 Å². The van der Waals surface area contributed by atoms with Crippen LogP contribution in [0.4, 0.5) is 0 Å². The fraction of sp³-hybridized carbons (Fsp3) is 0.778. The minimum absolute atomic E-state index is 0.214. The Morgan fingerprint density at radius 1 is 1.38 bits per heavy atom. The SMILES string of the molecule is CCC[C@@](C)(C(=O)O)C(=O)OCC. The molecule has 0 heterocycles. The molecule has 0 saturated carbocycles. The van der Waals surface area contributed by atoms with Crippen LogP contribution < -0.4 is 0 Å². The van der Waals surface area contributed by atoms with Crippen LogP contribution in [0, 0.1) is 5.41 Å². The summed E-state index contributed by atoms with van der Waals surface area (Å²) in [6.45, 7) is 5.11. The van der Waals surface area contributed by atoms with Gasteiger partial charge in [0.25, 0.3) is 0 Å². The van der Waals surface area contributed by atoms with Crippen molar-refractivity contribution in [1.82, 2.24) is 0 Å². The van der Waals surface area contributed by atoms with E-state index >= 15 is 0 Å². The summed E-state index contributed by atoms with van der Waals surface area (Å²) in [5, 5.41) is 8.86. The second kappa shape index (κ2) is 4.84. The van der Waals surface area contributed by atoms with Crippen molar-refractivity contribution in [3.05, 3.63) is 0 Å². The van der Waals surface area contributed by atoms with Crippen LogP contribution in [0.15, 0.2) is 0 Å². The van der Waals surface area contributed by atoms with Gasteiger partial charge in [-0.15, -0.1) is 0 Å². The zero-order valence-corrected chi connectivity index (χ0v) is 8.29. The lowest BCUT2D eigenvalue weighted by Gasteiger charge is -2.21. The maximum atomic E-state index is 11.3. The monoisotopic (exact) mass is 188 g/mol. The van der Waals surface area contributed by atoms with E-state index in [0.29, 0.717) is 12.8 Å². The fourth-order valence-corrected chi connectivity index (χ4v) is 1.09. The molecule has 0 aliphatic heterocycles. The van der Waals surface area contributed by atoms with Crippen molar-refractivity contribution < 1.29 is 19.4 Å². The summed E-state index contributed by atoms with van der Waals surface area (Å²) >= 11 is 0. The highest BCUT2D eigenvalue weighted by atomic mass is 16.5. The number of ether oxygens (including phenoxy) is 1. The van der Waals surface area contributed by atoms with Crippen molar-refractivity contribution in [1.29, 1.82) is 0 Å². The first-order chi connectivity index (χ1) is 5.99. The molecule has 0 spiro atoms. The molecule has 0 aromatic rings. The van der Waals surface area contributed by atoms with Gasteiger partial charge in [0.2, 0.25) is 0 Å². The van der Waals surface area contributed by atoms with E-state index in [1.807, 2.05) is 6.92 Å².